The number of amides is 1. The molecule has 1 heterocycles. The zero-order valence-corrected chi connectivity index (χ0v) is 14.9. The maximum absolute atomic E-state index is 13.7. The van der Waals surface area contributed by atoms with E-state index < -0.39 is 11.6 Å². The van der Waals surface area contributed by atoms with Crippen LogP contribution in [0.15, 0.2) is 54.9 Å². The van der Waals surface area contributed by atoms with Crippen LogP contribution in [0.4, 0.5) is 26.0 Å². The summed E-state index contributed by atoms with van der Waals surface area (Å²) in [6, 6.07) is 11.1. The van der Waals surface area contributed by atoms with Crippen LogP contribution in [0, 0.1) is 18.6 Å². The van der Waals surface area contributed by atoms with Crippen molar-refractivity contribution in [3.8, 4) is 0 Å². The van der Waals surface area contributed by atoms with E-state index in [-0.39, 0.29) is 23.1 Å². The molecule has 0 fully saturated rings. The number of carbonyl (C=O) groups is 1. The van der Waals surface area contributed by atoms with E-state index >= 15 is 0 Å². The number of halogens is 2. The van der Waals surface area contributed by atoms with Gasteiger partial charge in [-0.1, -0.05) is 18.2 Å². The van der Waals surface area contributed by atoms with Crippen molar-refractivity contribution in [3.63, 3.8) is 0 Å². The predicted molar refractivity (Wildman–Crippen MR) is 100 cm³/mol. The summed E-state index contributed by atoms with van der Waals surface area (Å²) >= 11 is 0. The number of nitrogens with one attached hydrogen (secondary N) is 1. The number of rotatable bonds is 5. The van der Waals surface area contributed by atoms with Crippen LogP contribution >= 0.6 is 0 Å². The van der Waals surface area contributed by atoms with E-state index in [9.17, 15) is 13.6 Å². The van der Waals surface area contributed by atoms with Crippen molar-refractivity contribution in [2.45, 2.75) is 13.8 Å². The second-order valence-corrected chi connectivity index (χ2v) is 5.90. The smallest absolute Gasteiger partial charge is 0.278 e. The van der Waals surface area contributed by atoms with Gasteiger partial charge in [0.05, 0.1) is 12.4 Å². The fourth-order valence-electron chi connectivity index (χ4n) is 2.63. The number of aromatic nitrogens is 2. The molecule has 0 saturated carbocycles. The lowest BCUT2D eigenvalue weighted by atomic mass is 10.2. The summed E-state index contributed by atoms with van der Waals surface area (Å²) in [5, 5.41) is 2.54. The quantitative estimate of drug-likeness (QED) is 0.722. The molecule has 7 heteroatoms. The molecule has 3 aromatic rings. The fraction of sp³-hybridized carbons (Fsp3) is 0.150. The first kappa shape index (κ1) is 18.4. The van der Waals surface area contributed by atoms with Crippen LogP contribution < -0.4 is 10.2 Å². The number of carbonyl (C=O) groups excluding carboxylic acids is 1. The monoisotopic (exact) mass is 368 g/mol. The molecule has 138 valence electrons. The molecule has 5 nitrogen and oxygen atoms in total. The molecule has 0 aliphatic heterocycles. The predicted octanol–water partition coefficient (Wildman–Crippen LogP) is 4.47. The minimum absolute atomic E-state index is 0.133. The number of benzene rings is 2. The highest BCUT2D eigenvalue weighted by atomic mass is 19.1. The van der Waals surface area contributed by atoms with Crippen molar-refractivity contribution >= 4 is 23.1 Å². The van der Waals surface area contributed by atoms with Gasteiger partial charge >= 0.3 is 0 Å². The molecule has 0 aliphatic rings. The molecule has 0 saturated heterocycles. The molecule has 1 aromatic heterocycles. The second-order valence-electron chi connectivity index (χ2n) is 5.90. The zero-order chi connectivity index (χ0) is 19.4. The third-order valence-corrected chi connectivity index (χ3v) is 3.96. The molecule has 1 amide bonds. The van der Waals surface area contributed by atoms with Gasteiger partial charge in [-0.25, -0.2) is 18.7 Å². The minimum atomic E-state index is -0.742. The molecule has 3 rings (SSSR count). The minimum Gasteiger partial charge on any atom is -0.334 e. The Labute approximate surface area is 155 Å². The third-order valence-electron chi connectivity index (χ3n) is 3.96. The van der Waals surface area contributed by atoms with Crippen LogP contribution in [-0.4, -0.2) is 22.4 Å². The number of hydrogen-bond acceptors (Lipinski definition) is 4. The second kappa shape index (κ2) is 7.90. The van der Waals surface area contributed by atoms with E-state index in [1.807, 2.05) is 38.1 Å². The van der Waals surface area contributed by atoms with Crippen molar-refractivity contribution in [2.24, 2.45) is 0 Å². The molecule has 2 aromatic carbocycles. The van der Waals surface area contributed by atoms with E-state index in [2.05, 4.69) is 15.3 Å². The summed E-state index contributed by atoms with van der Waals surface area (Å²) in [5.74, 6) is -1.66. The Balaban J connectivity index is 1.81. The number of nitrogens with zero attached hydrogens (tertiary/aromatic N) is 3. The molecular weight excluding hydrogens is 350 g/mol. The Hall–Kier alpha value is -3.35. The van der Waals surface area contributed by atoms with Gasteiger partial charge in [-0.05, 0) is 43.7 Å². The van der Waals surface area contributed by atoms with Gasteiger partial charge in [0.15, 0.2) is 0 Å². The van der Waals surface area contributed by atoms with E-state index in [4.69, 9.17) is 0 Å². The van der Waals surface area contributed by atoms with Gasteiger partial charge < -0.3 is 10.2 Å². The van der Waals surface area contributed by atoms with Crippen LogP contribution in [0.25, 0.3) is 0 Å². The number of aryl methyl sites for hydroxylation is 1. The van der Waals surface area contributed by atoms with Gasteiger partial charge in [0, 0.05) is 12.2 Å². The highest BCUT2D eigenvalue weighted by Crippen LogP contribution is 2.22. The van der Waals surface area contributed by atoms with Gasteiger partial charge in [0.2, 0.25) is 0 Å². The summed E-state index contributed by atoms with van der Waals surface area (Å²) in [6.07, 6.45) is 2.55. The first-order valence-corrected chi connectivity index (χ1v) is 8.41. The average Bonchev–Trinajstić information content (AvgIpc) is 2.66. The number of hydrogen-bond donors (Lipinski definition) is 1. The van der Waals surface area contributed by atoms with Crippen LogP contribution in [0.3, 0.4) is 0 Å². The topological polar surface area (TPSA) is 58.1 Å². The van der Waals surface area contributed by atoms with E-state index in [1.165, 1.54) is 18.5 Å². The standard InChI is InChI=1S/C20H18F2N4O/c1-3-26(14-7-4-6-13(2)10-14)20(27)17-11-24-18(12-23-17)25-19-15(21)8-5-9-16(19)22/h4-12H,3H2,1-2H3,(H,24,25). The first-order valence-electron chi connectivity index (χ1n) is 8.41. The fourth-order valence-corrected chi connectivity index (χ4v) is 2.63. The molecule has 0 unspecified atom stereocenters. The Bertz CT molecular complexity index is 940. The Morgan fingerprint density at radius 2 is 1.78 bits per heavy atom. The van der Waals surface area contributed by atoms with E-state index in [1.54, 1.807) is 4.90 Å². The molecule has 0 radical (unpaired) electrons. The Morgan fingerprint density at radius 1 is 1.07 bits per heavy atom. The number of para-hydroxylation sites is 1. The van der Waals surface area contributed by atoms with E-state index in [0.717, 1.165) is 23.4 Å². The third kappa shape index (κ3) is 4.08. The Morgan fingerprint density at radius 3 is 2.37 bits per heavy atom. The summed E-state index contributed by atoms with van der Waals surface area (Å²) in [6.45, 7) is 4.28. The van der Waals surface area contributed by atoms with Gasteiger partial charge in [0.1, 0.15) is 28.8 Å². The highest BCUT2D eigenvalue weighted by Gasteiger charge is 2.18. The molecule has 0 aliphatic carbocycles. The van der Waals surface area contributed by atoms with Crippen molar-refractivity contribution < 1.29 is 13.6 Å². The molecule has 27 heavy (non-hydrogen) atoms. The summed E-state index contributed by atoms with van der Waals surface area (Å²) in [7, 11) is 0. The molecule has 1 N–H and O–H groups in total. The SMILES string of the molecule is CCN(C(=O)c1cnc(Nc2c(F)cccc2F)cn1)c1cccc(C)c1. The molecular formula is C20H18F2N4O. The average molecular weight is 368 g/mol. The molecule has 0 spiro atoms. The summed E-state index contributed by atoms with van der Waals surface area (Å²) < 4.78 is 27.4. The molecule has 0 bridgehead atoms. The van der Waals surface area contributed by atoms with Gasteiger partial charge in [-0.15, -0.1) is 0 Å². The van der Waals surface area contributed by atoms with Gasteiger partial charge in [-0.2, -0.15) is 0 Å². The summed E-state index contributed by atoms with van der Waals surface area (Å²) in [4.78, 5) is 22.5. The van der Waals surface area contributed by atoms with Gasteiger partial charge in [0.25, 0.3) is 5.91 Å². The zero-order valence-electron chi connectivity index (χ0n) is 14.9. The van der Waals surface area contributed by atoms with Crippen LogP contribution in [0.2, 0.25) is 0 Å². The summed E-state index contributed by atoms with van der Waals surface area (Å²) in [5.41, 5.74) is 1.62. The van der Waals surface area contributed by atoms with Crippen molar-refractivity contribution in [1.29, 1.82) is 0 Å². The highest BCUT2D eigenvalue weighted by molar-refractivity contribution is 6.04. The Kier molecular flexibility index (Phi) is 5.40. The molecule has 0 atom stereocenters. The number of anilines is 3. The normalized spacial score (nSPS) is 10.5. The van der Waals surface area contributed by atoms with Crippen LogP contribution in [-0.2, 0) is 0 Å². The van der Waals surface area contributed by atoms with E-state index in [0.29, 0.717) is 6.54 Å². The van der Waals surface area contributed by atoms with Crippen LogP contribution in [0.5, 0.6) is 0 Å². The maximum atomic E-state index is 13.7. The maximum Gasteiger partial charge on any atom is 0.278 e. The lowest BCUT2D eigenvalue weighted by molar-refractivity contribution is 0.0983. The largest absolute Gasteiger partial charge is 0.334 e. The lowest BCUT2D eigenvalue weighted by Crippen LogP contribution is -2.31. The van der Waals surface area contributed by atoms with Gasteiger partial charge in [-0.3, -0.25) is 4.79 Å². The van der Waals surface area contributed by atoms with Crippen molar-refractivity contribution in [1.82, 2.24) is 9.97 Å². The van der Waals surface area contributed by atoms with Crippen molar-refractivity contribution in [2.75, 3.05) is 16.8 Å². The first-order chi connectivity index (χ1) is 13.0. The lowest BCUT2D eigenvalue weighted by Gasteiger charge is -2.21. The van der Waals surface area contributed by atoms with Crippen LogP contribution in [0.1, 0.15) is 23.0 Å². The van der Waals surface area contributed by atoms with Crippen molar-refractivity contribution in [3.05, 3.63) is 77.8 Å².